The molecule has 0 aliphatic carbocycles. The minimum Gasteiger partial charge on any atom is -0.493 e. The number of benzene rings is 3. The smallest absolute Gasteiger partial charge is 0.318 e. The molecule has 9 nitrogen and oxygen atoms in total. The Hall–Kier alpha value is -4.36. The molecule has 0 radical (unpaired) electrons. The number of para-hydroxylation sites is 1. The van der Waals surface area contributed by atoms with Gasteiger partial charge < -0.3 is 19.6 Å². The molecule has 232 valence electrons. The lowest BCUT2D eigenvalue weighted by atomic mass is 10.0. The topological polar surface area (TPSA) is 122 Å². The standard InChI is InChI=1S/C31H30F3N3O6S/c1-18-24(32)15-23(30(34)29(18)33)31-36-25(19(2)43-31)12-13-42-22-8-5-6-20(14-22)16-37(17-28(38)39)44(40,41)27-11-10-21-7-3-4-9-26(21)35-27/h3-9,14-15,27,35H,10-13,16-17H2,1-2H3,(H,38,39). The number of aliphatic carboxylic acids is 1. The van der Waals surface area contributed by atoms with Crippen LogP contribution in [0.25, 0.3) is 11.5 Å². The highest BCUT2D eigenvalue weighted by Gasteiger charge is 2.35. The number of oxazole rings is 1. The van der Waals surface area contributed by atoms with Crippen LogP contribution in [-0.2, 0) is 34.2 Å². The Morgan fingerprint density at radius 1 is 1.11 bits per heavy atom. The maximum Gasteiger partial charge on any atom is 0.318 e. The molecule has 2 heterocycles. The SMILES string of the molecule is Cc1oc(-c2cc(F)c(C)c(F)c2F)nc1CCOc1cccc(CN(CC(=O)O)S(=O)(=O)C2CCc3ccccc3N2)c1. The third-order valence-electron chi connectivity index (χ3n) is 7.42. The maximum atomic E-state index is 14.4. The van der Waals surface area contributed by atoms with Crippen LogP contribution in [0.15, 0.2) is 59.0 Å². The molecule has 44 heavy (non-hydrogen) atoms. The van der Waals surface area contributed by atoms with Crippen LogP contribution in [0.2, 0.25) is 0 Å². The zero-order valence-electron chi connectivity index (χ0n) is 23.9. The average Bonchev–Trinajstić information content (AvgIpc) is 3.37. The van der Waals surface area contributed by atoms with E-state index in [0.29, 0.717) is 41.3 Å². The number of hydrogen-bond acceptors (Lipinski definition) is 7. The summed E-state index contributed by atoms with van der Waals surface area (Å²) in [7, 11) is -4.05. The van der Waals surface area contributed by atoms with Crippen LogP contribution >= 0.6 is 0 Å². The first-order valence-corrected chi connectivity index (χ1v) is 15.3. The number of ether oxygens (including phenoxy) is 1. The van der Waals surface area contributed by atoms with E-state index in [-0.39, 0.29) is 25.5 Å². The van der Waals surface area contributed by atoms with Gasteiger partial charge >= 0.3 is 5.97 Å². The molecule has 1 aliphatic heterocycles. The summed E-state index contributed by atoms with van der Waals surface area (Å²) in [6.07, 6.45) is 1.05. The highest BCUT2D eigenvalue weighted by atomic mass is 32.2. The second-order valence-electron chi connectivity index (χ2n) is 10.5. The Kier molecular flexibility index (Phi) is 8.97. The van der Waals surface area contributed by atoms with E-state index in [1.54, 1.807) is 43.3 Å². The molecule has 5 rings (SSSR count). The van der Waals surface area contributed by atoms with Gasteiger partial charge in [0.15, 0.2) is 11.6 Å². The number of hydrogen-bond donors (Lipinski definition) is 2. The lowest BCUT2D eigenvalue weighted by molar-refractivity contribution is -0.137. The summed E-state index contributed by atoms with van der Waals surface area (Å²) < 4.78 is 81.9. The molecule has 0 fully saturated rings. The molecule has 1 atom stereocenters. The van der Waals surface area contributed by atoms with Crippen molar-refractivity contribution in [3.05, 3.63) is 100 Å². The number of aryl methyl sites for hydroxylation is 2. The quantitative estimate of drug-likeness (QED) is 0.206. The minimum atomic E-state index is -4.05. The molecule has 1 unspecified atom stereocenters. The predicted octanol–water partition coefficient (Wildman–Crippen LogP) is 5.60. The fourth-order valence-corrected chi connectivity index (χ4v) is 6.69. The van der Waals surface area contributed by atoms with Crippen LogP contribution in [0.4, 0.5) is 18.9 Å². The molecule has 0 saturated carbocycles. The Morgan fingerprint density at radius 3 is 2.66 bits per heavy atom. The van der Waals surface area contributed by atoms with Crippen molar-refractivity contribution < 1.29 is 40.6 Å². The lowest BCUT2D eigenvalue weighted by Gasteiger charge is -2.31. The molecular weight excluding hydrogens is 599 g/mol. The highest BCUT2D eigenvalue weighted by molar-refractivity contribution is 7.89. The molecule has 0 bridgehead atoms. The van der Waals surface area contributed by atoms with Crippen molar-refractivity contribution in [2.45, 2.75) is 45.0 Å². The van der Waals surface area contributed by atoms with Gasteiger partial charge in [0.05, 0.1) is 17.9 Å². The monoisotopic (exact) mass is 629 g/mol. The molecule has 0 spiro atoms. The number of fused-ring (bicyclic) bond motifs is 1. The van der Waals surface area contributed by atoms with Gasteiger partial charge in [0, 0.05) is 24.2 Å². The fourth-order valence-electron chi connectivity index (χ4n) is 5.02. The normalized spacial score (nSPS) is 14.7. The van der Waals surface area contributed by atoms with Crippen LogP contribution in [0, 0.1) is 31.3 Å². The largest absolute Gasteiger partial charge is 0.493 e. The molecule has 0 saturated heterocycles. The summed E-state index contributed by atoms with van der Waals surface area (Å²) in [6.45, 7) is 1.91. The Labute approximate surface area is 252 Å². The highest BCUT2D eigenvalue weighted by Crippen LogP contribution is 2.30. The fraction of sp³-hybridized carbons (Fsp3) is 0.290. The number of halogens is 3. The van der Waals surface area contributed by atoms with Crippen molar-refractivity contribution in [1.29, 1.82) is 0 Å². The number of aromatic nitrogens is 1. The molecule has 3 aromatic carbocycles. The number of rotatable bonds is 11. The van der Waals surface area contributed by atoms with Crippen molar-refractivity contribution in [2.75, 3.05) is 18.5 Å². The molecule has 13 heteroatoms. The van der Waals surface area contributed by atoms with Crippen LogP contribution in [0.3, 0.4) is 0 Å². The van der Waals surface area contributed by atoms with Gasteiger partial charge in [0.1, 0.15) is 29.2 Å². The number of carboxylic acid groups (broad SMARTS) is 1. The van der Waals surface area contributed by atoms with Crippen LogP contribution in [0.1, 0.15) is 34.6 Å². The van der Waals surface area contributed by atoms with Gasteiger partial charge in [0.25, 0.3) is 0 Å². The molecule has 0 amide bonds. The molecular formula is C31H30F3N3O6S. The van der Waals surface area contributed by atoms with Crippen molar-refractivity contribution in [2.24, 2.45) is 0 Å². The summed E-state index contributed by atoms with van der Waals surface area (Å²) in [5.74, 6) is -4.30. The van der Waals surface area contributed by atoms with Gasteiger partial charge in [-0.1, -0.05) is 30.3 Å². The van der Waals surface area contributed by atoms with Crippen LogP contribution in [0.5, 0.6) is 5.75 Å². The van der Waals surface area contributed by atoms with E-state index in [1.807, 2.05) is 12.1 Å². The van der Waals surface area contributed by atoms with E-state index in [2.05, 4.69) is 10.3 Å². The van der Waals surface area contributed by atoms with Crippen molar-refractivity contribution >= 4 is 21.7 Å². The molecule has 1 aromatic heterocycles. The molecule has 4 aromatic rings. The van der Waals surface area contributed by atoms with Gasteiger partial charge in [-0.3, -0.25) is 4.79 Å². The van der Waals surface area contributed by atoms with Gasteiger partial charge in [-0.05, 0) is 62.1 Å². The Balaban J connectivity index is 1.26. The maximum absolute atomic E-state index is 14.4. The third kappa shape index (κ3) is 6.58. The minimum absolute atomic E-state index is 0.0951. The predicted molar refractivity (Wildman–Crippen MR) is 156 cm³/mol. The summed E-state index contributed by atoms with van der Waals surface area (Å²) in [6, 6.07) is 14.8. The number of anilines is 1. The van der Waals surface area contributed by atoms with Crippen LogP contribution < -0.4 is 10.1 Å². The lowest BCUT2D eigenvalue weighted by Crippen LogP contribution is -2.45. The second-order valence-corrected chi connectivity index (χ2v) is 12.6. The third-order valence-corrected chi connectivity index (χ3v) is 9.47. The first-order chi connectivity index (χ1) is 20.9. The number of carboxylic acids is 1. The summed E-state index contributed by atoms with van der Waals surface area (Å²) >= 11 is 0. The van der Waals surface area contributed by atoms with E-state index < -0.39 is 56.5 Å². The summed E-state index contributed by atoms with van der Waals surface area (Å²) in [5, 5.41) is 11.6. The summed E-state index contributed by atoms with van der Waals surface area (Å²) in [5.41, 5.74) is 1.75. The van der Waals surface area contributed by atoms with Gasteiger partial charge in [0.2, 0.25) is 15.9 Å². The summed E-state index contributed by atoms with van der Waals surface area (Å²) in [4.78, 5) is 15.8. The zero-order chi connectivity index (χ0) is 31.6. The van der Waals surface area contributed by atoms with E-state index in [4.69, 9.17) is 9.15 Å². The van der Waals surface area contributed by atoms with E-state index in [0.717, 1.165) is 22.9 Å². The number of carbonyl (C=O) groups is 1. The van der Waals surface area contributed by atoms with Crippen LogP contribution in [-0.4, -0.2) is 47.3 Å². The van der Waals surface area contributed by atoms with E-state index in [1.165, 1.54) is 0 Å². The van der Waals surface area contributed by atoms with Gasteiger partial charge in [-0.2, -0.15) is 4.31 Å². The van der Waals surface area contributed by atoms with E-state index in [9.17, 15) is 31.5 Å². The van der Waals surface area contributed by atoms with Gasteiger partial charge in [-0.15, -0.1) is 0 Å². The second kappa shape index (κ2) is 12.7. The molecule has 2 N–H and O–H groups in total. The number of nitrogens with zero attached hydrogens (tertiary/aromatic N) is 2. The van der Waals surface area contributed by atoms with Crippen molar-refractivity contribution in [3.63, 3.8) is 0 Å². The number of nitrogens with one attached hydrogen (secondary N) is 1. The number of sulfonamides is 1. The van der Waals surface area contributed by atoms with Gasteiger partial charge in [-0.25, -0.2) is 26.6 Å². The average molecular weight is 630 g/mol. The zero-order valence-corrected chi connectivity index (χ0v) is 24.8. The van der Waals surface area contributed by atoms with Crippen molar-refractivity contribution in [3.8, 4) is 17.2 Å². The Bertz CT molecular complexity index is 1810. The Morgan fingerprint density at radius 2 is 1.89 bits per heavy atom. The molecule has 1 aliphatic rings. The van der Waals surface area contributed by atoms with E-state index >= 15 is 0 Å². The first-order valence-electron chi connectivity index (χ1n) is 13.8. The first kappa shape index (κ1) is 31.1. The van der Waals surface area contributed by atoms with Crippen molar-refractivity contribution in [1.82, 2.24) is 9.29 Å².